The maximum Gasteiger partial charge on any atom is 0.0801 e. The van der Waals surface area contributed by atoms with Crippen molar-refractivity contribution in [2.24, 2.45) is 0 Å². The normalized spacial score (nSPS) is 12.0. The molecule has 208 valence electrons. The highest BCUT2D eigenvalue weighted by molar-refractivity contribution is 7.26. The number of fused-ring (bicyclic) bond motifs is 10. The van der Waals surface area contributed by atoms with E-state index in [1.54, 1.807) is 0 Å². The van der Waals surface area contributed by atoms with E-state index in [2.05, 4.69) is 152 Å². The zero-order valence-corrected chi connectivity index (χ0v) is 25.1. The van der Waals surface area contributed by atoms with Gasteiger partial charge in [0.2, 0.25) is 0 Å². The molecule has 0 saturated carbocycles. The minimum atomic E-state index is 1.02. The fourth-order valence-electron chi connectivity index (χ4n) is 7.52. The Balaban J connectivity index is 1.41. The van der Waals surface area contributed by atoms with Gasteiger partial charge in [-0.1, -0.05) is 140 Å². The molecule has 0 N–H and O–H groups in total. The fraction of sp³-hybridized carbons (Fsp3) is 0. The second-order valence-corrected chi connectivity index (χ2v) is 12.9. The van der Waals surface area contributed by atoms with Crippen LogP contribution < -0.4 is 0 Å². The van der Waals surface area contributed by atoms with E-state index in [1.165, 1.54) is 85.3 Å². The lowest BCUT2D eigenvalue weighted by molar-refractivity contribution is 1.45. The molecule has 10 aromatic rings. The Bertz CT molecular complexity index is 2760. The average Bonchev–Trinajstić information content (AvgIpc) is 3.49. The molecule has 10 rings (SSSR count). The van der Waals surface area contributed by atoms with Crippen molar-refractivity contribution in [1.82, 2.24) is 4.98 Å². The van der Waals surface area contributed by atoms with Crippen LogP contribution in [0.3, 0.4) is 0 Å². The molecule has 45 heavy (non-hydrogen) atoms. The lowest BCUT2D eigenvalue weighted by Crippen LogP contribution is -1.95. The summed E-state index contributed by atoms with van der Waals surface area (Å²) in [4.78, 5) is 5.49. The van der Waals surface area contributed by atoms with Gasteiger partial charge in [-0.05, 0) is 55.6 Å². The van der Waals surface area contributed by atoms with Gasteiger partial charge >= 0.3 is 0 Å². The second kappa shape index (κ2) is 9.46. The van der Waals surface area contributed by atoms with Crippen molar-refractivity contribution < 1.29 is 0 Å². The lowest BCUT2D eigenvalue weighted by atomic mass is 9.85. The number of benzene rings is 8. The number of rotatable bonds is 2. The molecule has 0 aliphatic carbocycles. The first kappa shape index (κ1) is 24.8. The van der Waals surface area contributed by atoms with E-state index in [9.17, 15) is 0 Å². The predicted octanol–water partition coefficient (Wildman–Crippen LogP) is 12.5. The summed E-state index contributed by atoms with van der Waals surface area (Å²) in [6.07, 6.45) is 0. The van der Waals surface area contributed by atoms with E-state index >= 15 is 0 Å². The summed E-state index contributed by atoms with van der Waals surface area (Å²) in [5.41, 5.74) is 5.80. The molecule has 0 bridgehead atoms. The van der Waals surface area contributed by atoms with Gasteiger partial charge in [-0.15, -0.1) is 11.3 Å². The van der Waals surface area contributed by atoms with Crippen molar-refractivity contribution in [3.05, 3.63) is 152 Å². The van der Waals surface area contributed by atoms with Gasteiger partial charge in [-0.2, -0.15) is 0 Å². The van der Waals surface area contributed by atoms with Crippen LogP contribution in [0.15, 0.2) is 152 Å². The van der Waals surface area contributed by atoms with Gasteiger partial charge in [0.25, 0.3) is 0 Å². The van der Waals surface area contributed by atoms with E-state index in [1.807, 2.05) is 11.3 Å². The number of aromatic nitrogens is 1. The first-order chi connectivity index (χ1) is 22.3. The van der Waals surface area contributed by atoms with E-state index in [0.29, 0.717) is 0 Å². The summed E-state index contributed by atoms with van der Waals surface area (Å²) >= 11 is 1.89. The molecule has 8 aromatic carbocycles. The first-order valence-electron chi connectivity index (χ1n) is 15.4. The summed E-state index contributed by atoms with van der Waals surface area (Å²) in [5, 5.41) is 13.8. The largest absolute Gasteiger partial charge is 0.247 e. The molecule has 0 aliphatic heterocycles. The van der Waals surface area contributed by atoms with Crippen LogP contribution in [0.4, 0.5) is 0 Å². The van der Waals surface area contributed by atoms with Gasteiger partial charge in [0.05, 0.1) is 11.2 Å². The van der Waals surface area contributed by atoms with Crippen LogP contribution in [-0.4, -0.2) is 4.98 Å². The summed E-state index contributed by atoms with van der Waals surface area (Å²) in [6.45, 7) is 0. The van der Waals surface area contributed by atoms with Gasteiger partial charge in [-0.3, -0.25) is 0 Å². The van der Waals surface area contributed by atoms with E-state index in [4.69, 9.17) is 4.98 Å². The molecular weight excluding hydrogens is 563 g/mol. The highest BCUT2D eigenvalue weighted by Gasteiger charge is 2.22. The monoisotopic (exact) mass is 587 g/mol. The van der Waals surface area contributed by atoms with Crippen molar-refractivity contribution in [3.63, 3.8) is 0 Å². The highest BCUT2D eigenvalue weighted by atomic mass is 32.1. The van der Waals surface area contributed by atoms with E-state index in [0.717, 1.165) is 11.2 Å². The highest BCUT2D eigenvalue weighted by Crippen LogP contribution is 2.48. The van der Waals surface area contributed by atoms with Gasteiger partial charge in [0.15, 0.2) is 0 Å². The molecular formula is C43H25NS. The third kappa shape index (κ3) is 3.52. The van der Waals surface area contributed by atoms with Crippen molar-refractivity contribution in [1.29, 1.82) is 0 Å². The van der Waals surface area contributed by atoms with Crippen molar-refractivity contribution >= 4 is 85.5 Å². The minimum Gasteiger partial charge on any atom is -0.247 e. The lowest BCUT2D eigenvalue weighted by Gasteiger charge is -2.20. The Labute approximate surface area is 263 Å². The van der Waals surface area contributed by atoms with Crippen LogP contribution >= 0.6 is 11.3 Å². The van der Waals surface area contributed by atoms with Crippen molar-refractivity contribution in [3.8, 4) is 22.4 Å². The molecule has 2 aromatic heterocycles. The number of thiophene rings is 1. The van der Waals surface area contributed by atoms with Gasteiger partial charge in [-0.25, -0.2) is 4.98 Å². The molecule has 1 nitrogen and oxygen atoms in total. The van der Waals surface area contributed by atoms with Crippen molar-refractivity contribution in [2.75, 3.05) is 0 Å². The molecule has 0 radical (unpaired) electrons. The Morgan fingerprint density at radius 1 is 0.378 bits per heavy atom. The molecule has 2 heteroatoms. The van der Waals surface area contributed by atoms with Crippen LogP contribution in [-0.2, 0) is 0 Å². The smallest absolute Gasteiger partial charge is 0.0801 e. The summed E-state index contributed by atoms with van der Waals surface area (Å²) in [7, 11) is 0. The zero-order valence-electron chi connectivity index (χ0n) is 24.3. The molecule has 2 heterocycles. The minimum absolute atomic E-state index is 1.02. The van der Waals surface area contributed by atoms with Gasteiger partial charge in [0.1, 0.15) is 0 Å². The molecule has 0 atom stereocenters. The summed E-state index contributed by atoms with van der Waals surface area (Å²) < 4.78 is 2.65. The van der Waals surface area contributed by atoms with Crippen LogP contribution in [0, 0.1) is 0 Å². The van der Waals surface area contributed by atoms with Crippen LogP contribution in [0.1, 0.15) is 0 Å². The Kier molecular flexibility index (Phi) is 5.22. The van der Waals surface area contributed by atoms with Crippen LogP contribution in [0.2, 0.25) is 0 Å². The van der Waals surface area contributed by atoms with E-state index in [-0.39, 0.29) is 0 Å². The van der Waals surface area contributed by atoms with E-state index < -0.39 is 0 Å². The predicted molar refractivity (Wildman–Crippen MR) is 196 cm³/mol. The SMILES string of the molecule is c1ccc2c(-c3c4ccccc4c(-c4nc5ccccc5c5c4ccc4c6ccccc6sc45)c4ccccc34)cccc2c1. The number of para-hydroxylation sites is 1. The number of pyridine rings is 1. The maximum absolute atomic E-state index is 5.49. The molecule has 0 amide bonds. The van der Waals surface area contributed by atoms with Crippen LogP contribution in [0.5, 0.6) is 0 Å². The molecule has 0 spiro atoms. The topological polar surface area (TPSA) is 12.9 Å². The maximum atomic E-state index is 5.49. The number of hydrogen-bond acceptors (Lipinski definition) is 2. The molecule has 0 fully saturated rings. The van der Waals surface area contributed by atoms with Crippen molar-refractivity contribution in [2.45, 2.75) is 0 Å². The Hall–Kier alpha value is -5.57. The van der Waals surface area contributed by atoms with Gasteiger partial charge < -0.3 is 0 Å². The molecule has 0 unspecified atom stereocenters. The summed E-state index contributed by atoms with van der Waals surface area (Å²) in [6, 6.07) is 55.2. The quantitative estimate of drug-likeness (QED) is 0.145. The average molecular weight is 588 g/mol. The third-order valence-electron chi connectivity index (χ3n) is 9.43. The van der Waals surface area contributed by atoms with Crippen LogP contribution in [0.25, 0.3) is 96.5 Å². The standard InChI is InChI=1S/C43H25NS/c1-2-14-27-26(12-1)13-11-21-29(27)39-30-16-3-5-18-32(30)40(33-19-6-4-17-31(33)39)42-36-25-24-34-28-15-8-10-23-38(28)45-43(34)41(36)35-20-7-9-22-37(35)44-42/h1-25H. The molecule has 0 aliphatic rings. The first-order valence-corrected chi connectivity index (χ1v) is 16.2. The summed E-state index contributed by atoms with van der Waals surface area (Å²) in [5.74, 6) is 0. The third-order valence-corrected chi connectivity index (χ3v) is 10.6. The van der Waals surface area contributed by atoms with Gasteiger partial charge in [0, 0.05) is 41.9 Å². The Morgan fingerprint density at radius 3 is 1.69 bits per heavy atom. The molecule has 0 saturated heterocycles. The second-order valence-electron chi connectivity index (χ2n) is 11.8. The number of nitrogens with zero attached hydrogens (tertiary/aromatic N) is 1. The zero-order chi connectivity index (χ0) is 29.5. The fourth-order valence-corrected chi connectivity index (χ4v) is 8.79. The Morgan fingerprint density at radius 2 is 0.933 bits per heavy atom. The number of hydrogen-bond donors (Lipinski definition) is 0.